The van der Waals surface area contributed by atoms with E-state index in [2.05, 4.69) is 36.3 Å². The molecule has 2 nitrogen and oxygen atoms in total. The topological polar surface area (TPSA) is 15.3 Å². The summed E-state index contributed by atoms with van der Waals surface area (Å²) in [5, 5.41) is 3.92. The zero-order valence-corrected chi connectivity index (χ0v) is 9.73. The summed E-state index contributed by atoms with van der Waals surface area (Å²) in [5.74, 6) is 0. The van der Waals surface area contributed by atoms with E-state index in [1.165, 1.54) is 0 Å². The third-order valence-corrected chi connectivity index (χ3v) is 2.67. The quantitative estimate of drug-likeness (QED) is 0.825. The van der Waals surface area contributed by atoms with E-state index in [1.54, 1.807) is 0 Å². The molecule has 0 fully saturated rings. The monoisotopic (exact) mass is 212 g/mol. The minimum absolute atomic E-state index is 0.814. The Hall–Kier alpha value is -0.730. The van der Waals surface area contributed by atoms with Crippen molar-refractivity contribution in [3.63, 3.8) is 0 Å². The number of anilines is 1. The Morgan fingerprint density at radius 2 is 2.14 bits per heavy atom. The highest BCUT2D eigenvalue weighted by Gasteiger charge is 2.03. The van der Waals surface area contributed by atoms with Gasteiger partial charge >= 0.3 is 0 Å². The lowest BCUT2D eigenvalue weighted by Crippen LogP contribution is -2.16. The van der Waals surface area contributed by atoms with E-state index in [0.29, 0.717) is 0 Å². The second kappa shape index (κ2) is 5.23. The maximum absolute atomic E-state index is 6.14. The highest BCUT2D eigenvalue weighted by molar-refractivity contribution is 6.31. The summed E-state index contributed by atoms with van der Waals surface area (Å²) in [7, 11) is 3.98. The van der Waals surface area contributed by atoms with Crippen molar-refractivity contribution < 1.29 is 0 Å². The van der Waals surface area contributed by atoms with Gasteiger partial charge in [0.1, 0.15) is 0 Å². The number of benzene rings is 1. The predicted octanol–water partition coefficient (Wildman–Crippen LogP) is 2.52. The van der Waals surface area contributed by atoms with Gasteiger partial charge in [0.05, 0.1) is 0 Å². The molecular weight excluding hydrogens is 196 g/mol. The zero-order valence-electron chi connectivity index (χ0n) is 8.97. The molecule has 1 aromatic carbocycles. The first-order chi connectivity index (χ1) is 6.69. The second-order valence-corrected chi connectivity index (χ2v) is 3.73. The van der Waals surface area contributed by atoms with Gasteiger partial charge in [0.15, 0.2) is 0 Å². The highest BCUT2D eigenvalue weighted by atomic mass is 35.5. The average molecular weight is 213 g/mol. The number of rotatable bonds is 4. The van der Waals surface area contributed by atoms with E-state index in [1.807, 2.05) is 13.1 Å². The lowest BCUT2D eigenvalue weighted by molar-refractivity contribution is 0.817. The van der Waals surface area contributed by atoms with Gasteiger partial charge in [0.2, 0.25) is 0 Å². The Balaban J connectivity index is 2.88. The van der Waals surface area contributed by atoms with Crippen LogP contribution in [0.25, 0.3) is 0 Å². The molecule has 0 radical (unpaired) electrons. The fourth-order valence-electron chi connectivity index (χ4n) is 1.29. The van der Waals surface area contributed by atoms with Gasteiger partial charge in [-0.1, -0.05) is 17.7 Å². The van der Waals surface area contributed by atoms with Crippen LogP contribution in [0.1, 0.15) is 12.5 Å². The molecule has 0 bridgehead atoms. The van der Waals surface area contributed by atoms with Crippen LogP contribution in [0, 0.1) is 0 Å². The maximum Gasteiger partial charge on any atom is 0.0471 e. The minimum Gasteiger partial charge on any atom is -0.375 e. The molecule has 0 atom stereocenters. The van der Waals surface area contributed by atoms with Gasteiger partial charge in [-0.15, -0.1) is 0 Å². The Bertz CT molecular complexity index is 299. The SMILES string of the molecule is CCN(C)c1ccc(CNC)c(Cl)c1. The molecular formula is C11H17ClN2. The van der Waals surface area contributed by atoms with E-state index in [0.717, 1.165) is 29.4 Å². The molecule has 0 heterocycles. The van der Waals surface area contributed by atoms with Crippen molar-refractivity contribution in [1.82, 2.24) is 5.32 Å². The molecule has 0 saturated carbocycles. The summed E-state index contributed by atoms with van der Waals surface area (Å²) in [6, 6.07) is 6.18. The number of nitrogens with zero attached hydrogens (tertiary/aromatic N) is 1. The molecule has 1 aromatic rings. The molecule has 1 rings (SSSR count). The third kappa shape index (κ3) is 2.63. The van der Waals surface area contributed by atoms with Crippen LogP contribution in [-0.4, -0.2) is 20.6 Å². The molecule has 3 heteroatoms. The zero-order chi connectivity index (χ0) is 10.6. The van der Waals surface area contributed by atoms with E-state index in [-0.39, 0.29) is 0 Å². The smallest absolute Gasteiger partial charge is 0.0471 e. The summed E-state index contributed by atoms with van der Waals surface area (Å²) in [6.45, 7) is 3.92. The Morgan fingerprint density at radius 3 is 2.64 bits per heavy atom. The lowest BCUT2D eigenvalue weighted by Gasteiger charge is -2.17. The second-order valence-electron chi connectivity index (χ2n) is 3.32. The first-order valence-electron chi connectivity index (χ1n) is 4.83. The molecule has 0 aliphatic rings. The van der Waals surface area contributed by atoms with Crippen LogP contribution >= 0.6 is 11.6 Å². The Morgan fingerprint density at radius 1 is 1.43 bits per heavy atom. The van der Waals surface area contributed by atoms with Crippen LogP contribution < -0.4 is 10.2 Å². The van der Waals surface area contributed by atoms with Gasteiger partial charge < -0.3 is 10.2 Å². The number of nitrogens with one attached hydrogen (secondary N) is 1. The number of halogens is 1. The molecule has 0 aliphatic carbocycles. The molecule has 1 N–H and O–H groups in total. The van der Waals surface area contributed by atoms with Crippen LogP contribution in [-0.2, 0) is 6.54 Å². The molecule has 0 aliphatic heterocycles. The third-order valence-electron chi connectivity index (χ3n) is 2.32. The minimum atomic E-state index is 0.814. The van der Waals surface area contributed by atoms with Gasteiger partial charge in [-0.05, 0) is 31.7 Å². The predicted molar refractivity (Wildman–Crippen MR) is 63.2 cm³/mol. The van der Waals surface area contributed by atoms with Crippen molar-refractivity contribution in [2.24, 2.45) is 0 Å². The van der Waals surface area contributed by atoms with E-state index < -0.39 is 0 Å². The van der Waals surface area contributed by atoms with Crippen molar-refractivity contribution in [2.45, 2.75) is 13.5 Å². The number of hydrogen-bond acceptors (Lipinski definition) is 2. The van der Waals surface area contributed by atoms with Crippen LogP contribution in [0.5, 0.6) is 0 Å². The summed E-state index contributed by atoms with van der Waals surface area (Å²) >= 11 is 6.14. The number of hydrogen-bond donors (Lipinski definition) is 1. The van der Waals surface area contributed by atoms with Crippen LogP contribution in [0.2, 0.25) is 5.02 Å². The van der Waals surface area contributed by atoms with Crippen molar-refractivity contribution >= 4 is 17.3 Å². The van der Waals surface area contributed by atoms with E-state index >= 15 is 0 Å². The van der Waals surface area contributed by atoms with Crippen LogP contribution in [0.3, 0.4) is 0 Å². The van der Waals surface area contributed by atoms with Crippen LogP contribution in [0.15, 0.2) is 18.2 Å². The molecule has 14 heavy (non-hydrogen) atoms. The van der Waals surface area contributed by atoms with Crippen molar-refractivity contribution in [3.8, 4) is 0 Å². The first-order valence-corrected chi connectivity index (χ1v) is 5.21. The highest BCUT2D eigenvalue weighted by Crippen LogP contribution is 2.22. The van der Waals surface area contributed by atoms with E-state index in [9.17, 15) is 0 Å². The molecule has 0 saturated heterocycles. The molecule has 0 unspecified atom stereocenters. The van der Waals surface area contributed by atoms with Gasteiger partial charge in [-0.3, -0.25) is 0 Å². The first kappa shape index (κ1) is 11.3. The van der Waals surface area contributed by atoms with Gasteiger partial charge in [0, 0.05) is 30.8 Å². The van der Waals surface area contributed by atoms with Crippen molar-refractivity contribution in [1.29, 1.82) is 0 Å². The maximum atomic E-state index is 6.14. The average Bonchev–Trinajstić information content (AvgIpc) is 2.20. The lowest BCUT2D eigenvalue weighted by atomic mass is 10.2. The summed E-state index contributed by atoms with van der Waals surface area (Å²) in [5.41, 5.74) is 2.31. The molecule has 0 aromatic heterocycles. The standard InChI is InChI=1S/C11H17ClN2/c1-4-14(3)10-6-5-9(8-13-2)11(12)7-10/h5-7,13H,4,8H2,1-3H3. The summed E-state index contributed by atoms with van der Waals surface area (Å²) in [6.07, 6.45) is 0. The summed E-state index contributed by atoms with van der Waals surface area (Å²) < 4.78 is 0. The van der Waals surface area contributed by atoms with Crippen molar-refractivity contribution in [3.05, 3.63) is 28.8 Å². The Labute approximate surface area is 90.9 Å². The normalized spacial score (nSPS) is 10.3. The fourth-order valence-corrected chi connectivity index (χ4v) is 1.53. The van der Waals surface area contributed by atoms with Crippen molar-refractivity contribution in [2.75, 3.05) is 25.5 Å². The Kier molecular flexibility index (Phi) is 4.23. The molecule has 0 amide bonds. The van der Waals surface area contributed by atoms with Gasteiger partial charge in [-0.2, -0.15) is 0 Å². The van der Waals surface area contributed by atoms with E-state index in [4.69, 9.17) is 11.6 Å². The van der Waals surface area contributed by atoms with Gasteiger partial charge in [-0.25, -0.2) is 0 Å². The summed E-state index contributed by atoms with van der Waals surface area (Å²) in [4.78, 5) is 2.16. The fraction of sp³-hybridized carbons (Fsp3) is 0.455. The molecule has 0 spiro atoms. The largest absolute Gasteiger partial charge is 0.375 e. The van der Waals surface area contributed by atoms with Gasteiger partial charge in [0.25, 0.3) is 0 Å². The molecule has 78 valence electrons. The van der Waals surface area contributed by atoms with Crippen LogP contribution in [0.4, 0.5) is 5.69 Å².